The van der Waals surface area contributed by atoms with Gasteiger partial charge in [0.05, 0.1) is 30.6 Å². The van der Waals surface area contributed by atoms with E-state index in [1.807, 2.05) is 51.1 Å². The first-order chi connectivity index (χ1) is 22.8. The Morgan fingerprint density at radius 1 is 1.00 bits per heavy atom. The number of hydrogen-bond donors (Lipinski definition) is 0. The molecule has 0 aliphatic carbocycles. The third kappa shape index (κ3) is 8.84. The fourth-order valence-electron chi connectivity index (χ4n) is 5.20. The van der Waals surface area contributed by atoms with Crippen LogP contribution in [0.3, 0.4) is 0 Å². The highest BCUT2D eigenvalue weighted by molar-refractivity contribution is 5.95. The highest BCUT2D eigenvalue weighted by atomic mass is 19.4. The molecule has 1 aromatic carbocycles. The number of nitrogens with zero attached hydrogens (tertiary/aromatic N) is 4. The molecule has 48 heavy (non-hydrogen) atoms. The molecule has 0 unspecified atom stereocenters. The van der Waals surface area contributed by atoms with E-state index in [1.165, 1.54) is 24.5 Å². The standard InChI is InChI=1S/C35H37F3N4O6/c1-5-45-31(43)19-30(25-18-28(21-39-20-25)47-22-35(36,37)38)41-15-12-24-17-27(10-11-29(24)41)46-16-13-26-9-8-23-7-6-14-42(32(23)40-26)33(44)48-34(2,3)4/h8-12,15,17-21H,5-7,13-14,16,22H2,1-4H3. The molecule has 13 heteroatoms. The van der Waals surface area contributed by atoms with Crippen molar-refractivity contribution < 1.29 is 41.7 Å². The fourth-order valence-corrected chi connectivity index (χ4v) is 5.20. The van der Waals surface area contributed by atoms with E-state index >= 15 is 0 Å². The molecule has 0 saturated carbocycles. The Kier molecular flexibility index (Phi) is 10.3. The molecule has 0 N–H and O–H groups in total. The summed E-state index contributed by atoms with van der Waals surface area (Å²) >= 11 is 0. The van der Waals surface area contributed by atoms with Gasteiger partial charge in [-0.2, -0.15) is 13.2 Å². The van der Waals surface area contributed by atoms with E-state index in [0.717, 1.165) is 29.5 Å². The molecule has 0 radical (unpaired) electrons. The first-order valence-corrected chi connectivity index (χ1v) is 15.6. The van der Waals surface area contributed by atoms with Crippen LogP contribution >= 0.6 is 0 Å². The van der Waals surface area contributed by atoms with Gasteiger partial charge in [0.1, 0.15) is 22.9 Å². The van der Waals surface area contributed by atoms with Gasteiger partial charge in [-0.1, -0.05) is 6.07 Å². The lowest BCUT2D eigenvalue weighted by Gasteiger charge is -2.31. The van der Waals surface area contributed by atoms with Crippen molar-refractivity contribution in [3.8, 4) is 11.5 Å². The molecule has 10 nitrogen and oxygen atoms in total. The smallest absolute Gasteiger partial charge is 0.422 e. The summed E-state index contributed by atoms with van der Waals surface area (Å²) in [7, 11) is 0. The van der Waals surface area contributed by atoms with Crippen molar-refractivity contribution in [2.45, 2.75) is 58.7 Å². The van der Waals surface area contributed by atoms with E-state index in [0.29, 0.717) is 47.9 Å². The molecule has 0 saturated heterocycles. The zero-order valence-electron chi connectivity index (χ0n) is 27.2. The highest BCUT2D eigenvalue weighted by Gasteiger charge is 2.29. The van der Waals surface area contributed by atoms with Crippen LogP contribution in [-0.4, -0.2) is 64.7 Å². The van der Waals surface area contributed by atoms with Gasteiger partial charge in [-0.3, -0.25) is 9.88 Å². The van der Waals surface area contributed by atoms with Crippen LogP contribution in [0.15, 0.2) is 67.1 Å². The molecule has 4 heterocycles. The number of halogens is 3. The Morgan fingerprint density at radius 3 is 2.56 bits per heavy atom. The lowest BCUT2D eigenvalue weighted by atomic mass is 10.1. The number of amides is 1. The number of anilines is 1. The van der Waals surface area contributed by atoms with Crippen molar-refractivity contribution >= 4 is 34.5 Å². The molecule has 254 valence electrons. The minimum atomic E-state index is -4.52. The van der Waals surface area contributed by atoms with Gasteiger partial charge in [0.2, 0.25) is 0 Å². The number of fused-ring (bicyclic) bond motifs is 2. The molecule has 1 aliphatic heterocycles. The summed E-state index contributed by atoms with van der Waals surface area (Å²) in [5.41, 5.74) is 2.56. The van der Waals surface area contributed by atoms with Crippen molar-refractivity contribution in [2.75, 3.05) is 31.3 Å². The summed E-state index contributed by atoms with van der Waals surface area (Å²) in [4.78, 5) is 35.7. The van der Waals surface area contributed by atoms with Crippen LogP contribution in [0.5, 0.6) is 11.5 Å². The Hall–Kier alpha value is -5.07. The molecule has 0 atom stereocenters. The predicted octanol–water partition coefficient (Wildman–Crippen LogP) is 7.13. The zero-order chi connectivity index (χ0) is 34.5. The van der Waals surface area contributed by atoms with Gasteiger partial charge >= 0.3 is 18.2 Å². The first kappa shape index (κ1) is 34.3. The van der Waals surface area contributed by atoms with Gasteiger partial charge in [0, 0.05) is 48.1 Å². The van der Waals surface area contributed by atoms with E-state index in [-0.39, 0.29) is 12.4 Å². The van der Waals surface area contributed by atoms with Crippen molar-refractivity contribution in [1.29, 1.82) is 0 Å². The average Bonchev–Trinajstić information content (AvgIpc) is 3.44. The third-order valence-corrected chi connectivity index (χ3v) is 7.21. The average molecular weight is 667 g/mol. The van der Waals surface area contributed by atoms with Crippen LogP contribution in [0, 0.1) is 0 Å². The Balaban J connectivity index is 1.32. The lowest BCUT2D eigenvalue weighted by Crippen LogP contribution is -2.40. The summed E-state index contributed by atoms with van der Waals surface area (Å²) < 4.78 is 61.6. The van der Waals surface area contributed by atoms with E-state index in [2.05, 4.69) is 4.98 Å². The summed E-state index contributed by atoms with van der Waals surface area (Å²) in [5, 5.41) is 0.791. The van der Waals surface area contributed by atoms with E-state index in [9.17, 15) is 22.8 Å². The molecular weight excluding hydrogens is 629 g/mol. The fraction of sp³-hybridized carbons (Fsp3) is 0.371. The molecule has 4 aromatic rings. The van der Waals surface area contributed by atoms with Gasteiger partial charge in [-0.15, -0.1) is 0 Å². The number of pyridine rings is 2. The van der Waals surface area contributed by atoms with Gasteiger partial charge in [0.15, 0.2) is 6.61 Å². The van der Waals surface area contributed by atoms with Crippen molar-refractivity contribution in [3.05, 3.63) is 84.0 Å². The monoisotopic (exact) mass is 666 g/mol. The maximum atomic E-state index is 12.8. The Labute approximate surface area is 276 Å². The van der Waals surface area contributed by atoms with Crippen molar-refractivity contribution in [3.63, 3.8) is 0 Å². The van der Waals surface area contributed by atoms with E-state index in [1.54, 1.807) is 28.7 Å². The summed E-state index contributed by atoms with van der Waals surface area (Å²) in [6, 6.07) is 12.6. The number of alkyl halides is 3. The van der Waals surface area contributed by atoms with Gasteiger partial charge in [0.25, 0.3) is 0 Å². The number of esters is 1. The van der Waals surface area contributed by atoms with Gasteiger partial charge < -0.3 is 23.5 Å². The number of ether oxygens (including phenoxy) is 4. The van der Waals surface area contributed by atoms with Crippen molar-refractivity contribution in [1.82, 2.24) is 14.5 Å². The van der Waals surface area contributed by atoms with Crippen LogP contribution in [0.25, 0.3) is 16.6 Å². The number of carbonyl (C=O) groups is 2. The third-order valence-electron chi connectivity index (χ3n) is 7.21. The molecular formula is C35H37F3N4O6. The topological polar surface area (TPSA) is 105 Å². The zero-order valence-corrected chi connectivity index (χ0v) is 27.2. The summed E-state index contributed by atoms with van der Waals surface area (Å²) in [5.74, 6) is 0.502. The number of aromatic nitrogens is 3. The van der Waals surface area contributed by atoms with Crippen LogP contribution in [0.4, 0.5) is 23.8 Å². The highest BCUT2D eigenvalue weighted by Crippen LogP contribution is 2.30. The van der Waals surface area contributed by atoms with Crippen LogP contribution in [0.2, 0.25) is 0 Å². The maximum absolute atomic E-state index is 12.8. The Morgan fingerprint density at radius 2 is 1.81 bits per heavy atom. The van der Waals surface area contributed by atoms with Gasteiger partial charge in [-0.05, 0) is 82.5 Å². The van der Waals surface area contributed by atoms with E-state index in [4.69, 9.17) is 23.9 Å². The summed E-state index contributed by atoms with van der Waals surface area (Å²) in [6.45, 7) is 6.71. The number of hydrogen-bond acceptors (Lipinski definition) is 8. The second-order valence-electron chi connectivity index (χ2n) is 12.1. The second kappa shape index (κ2) is 14.4. The molecule has 5 rings (SSSR count). The molecule has 1 aliphatic rings. The number of benzene rings is 1. The quantitative estimate of drug-likeness (QED) is 0.130. The first-order valence-electron chi connectivity index (χ1n) is 15.6. The molecule has 0 spiro atoms. The number of rotatable bonds is 10. The van der Waals surface area contributed by atoms with Crippen LogP contribution in [-0.2, 0) is 27.1 Å². The number of carbonyl (C=O) groups excluding carboxylic acids is 2. The molecule has 1 amide bonds. The summed E-state index contributed by atoms with van der Waals surface area (Å²) in [6.07, 6.45) is 2.83. The van der Waals surface area contributed by atoms with Crippen LogP contribution < -0.4 is 14.4 Å². The minimum Gasteiger partial charge on any atom is -0.493 e. The molecule has 0 bridgehead atoms. The maximum Gasteiger partial charge on any atom is 0.422 e. The lowest BCUT2D eigenvalue weighted by molar-refractivity contribution is -0.153. The molecule has 0 fully saturated rings. The Bertz CT molecular complexity index is 1810. The SMILES string of the molecule is CCOC(=O)C=C(c1cncc(OCC(F)(F)F)c1)n1ccc2cc(OCCc3ccc4c(n3)N(C(=O)OC(C)(C)C)CCC4)ccc21. The van der Waals surface area contributed by atoms with E-state index < -0.39 is 30.4 Å². The van der Waals surface area contributed by atoms with Crippen molar-refractivity contribution in [2.24, 2.45) is 0 Å². The van der Waals surface area contributed by atoms with Gasteiger partial charge in [-0.25, -0.2) is 14.6 Å². The molecule has 3 aromatic heterocycles. The second-order valence-corrected chi connectivity index (χ2v) is 12.1. The largest absolute Gasteiger partial charge is 0.493 e. The minimum absolute atomic E-state index is 0.0994. The normalized spacial score (nSPS) is 13.6. The predicted molar refractivity (Wildman–Crippen MR) is 173 cm³/mol. The number of aryl methyl sites for hydroxylation is 1. The van der Waals surface area contributed by atoms with Crippen LogP contribution in [0.1, 0.15) is 50.9 Å².